The summed E-state index contributed by atoms with van der Waals surface area (Å²) in [5.74, 6) is 1.54. The summed E-state index contributed by atoms with van der Waals surface area (Å²) in [4.78, 5) is 14.7. The smallest absolute Gasteiger partial charge is 0.335 e. The summed E-state index contributed by atoms with van der Waals surface area (Å²) >= 11 is 5.63. The minimum absolute atomic E-state index is 0.00972. The van der Waals surface area contributed by atoms with E-state index in [0.717, 1.165) is 50.5 Å². The Labute approximate surface area is 186 Å². The van der Waals surface area contributed by atoms with Gasteiger partial charge in [0, 0.05) is 31.4 Å². The SMILES string of the molecule is CC1(C)C2C[C@@H]1CC=C2CN1CCC(NC(=O)Nc2ccc(Cl)c(C(F)(F)F)c2)CC1. The predicted octanol–water partition coefficient (Wildman–Crippen LogP) is 5.94. The van der Waals surface area contributed by atoms with E-state index in [2.05, 4.69) is 35.5 Å². The van der Waals surface area contributed by atoms with Crippen LogP contribution >= 0.6 is 11.6 Å². The number of nitrogens with one attached hydrogen (secondary N) is 2. The monoisotopic (exact) mass is 455 g/mol. The molecule has 170 valence electrons. The number of halogens is 4. The number of allylic oxidation sites excluding steroid dienone is 1. The lowest BCUT2D eigenvalue weighted by Gasteiger charge is -2.57. The molecule has 1 unspecified atom stereocenters. The molecule has 0 aromatic heterocycles. The number of benzene rings is 1. The predicted molar refractivity (Wildman–Crippen MR) is 116 cm³/mol. The second-order valence-electron chi connectivity index (χ2n) is 9.66. The summed E-state index contributed by atoms with van der Waals surface area (Å²) in [6, 6.07) is 2.88. The fraction of sp³-hybridized carbons (Fsp3) is 0.609. The van der Waals surface area contributed by atoms with Gasteiger partial charge in [-0.3, -0.25) is 4.90 Å². The molecule has 2 atom stereocenters. The summed E-state index contributed by atoms with van der Waals surface area (Å²) in [6.45, 7) is 7.57. The normalized spacial score (nSPS) is 26.1. The Morgan fingerprint density at radius 3 is 2.58 bits per heavy atom. The van der Waals surface area contributed by atoms with Gasteiger partial charge in [-0.05, 0) is 61.1 Å². The maximum atomic E-state index is 13.0. The number of alkyl halides is 3. The van der Waals surface area contributed by atoms with Gasteiger partial charge < -0.3 is 10.6 Å². The molecule has 2 N–H and O–H groups in total. The van der Waals surface area contributed by atoms with Crippen LogP contribution in [-0.4, -0.2) is 36.6 Å². The summed E-state index contributed by atoms with van der Waals surface area (Å²) in [5, 5.41) is 4.99. The van der Waals surface area contributed by atoms with E-state index >= 15 is 0 Å². The Kier molecular flexibility index (Phi) is 6.03. The quantitative estimate of drug-likeness (QED) is 0.552. The van der Waals surface area contributed by atoms with Crippen LogP contribution in [-0.2, 0) is 6.18 Å². The van der Waals surface area contributed by atoms with E-state index in [1.165, 1.54) is 18.9 Å². The minimum Gasteiger partial charge on any atom is -0.335 e. The molecule has 31 heavy (non-hydrogen) atoms. The zero-order valence-electron chi connectivity index (χ0n) is 17.9. The number of rotatable bonds is 4. The van der Waals surface area contributed by atoms with Gasteiger partial charge in [-0.25, -0.2) is 4.79 Å². The third-order valence-electron chi connectivity index (χ3n) is 7.44. The fourth-order valence-electron chi connectivity index (χ4n) is 5.32. The number of fused-ring (bicyclic) bond motifs is 1. The number of urea groups is 1. The van der Waals surface area contributed by atoms with Crippen LogP contribution in [0.3, 0.4) is 0 Å². The second kappa shape index (κ2) is 8.32. The first-order valence-electron chi connectivity index (χ1n) is 10.9. The molecule has 1 heterocycles. The molecule has 4 aliphatic rings. The zero-order chi connectivity index (χ0) is 22.4. The molecule has 8 heteroatoms. The second-order valence-corrected chi connectivity index (χ2v) is 10.1. The third-order valence-corrected chi connectivity index (χ3v) is 7.77. The molecule has 1 aromatic rings. The van der Waals surface area contributed by atoms with Gasteiger partial charge in [0.1, 0.15) is 0 Å². The molecule has 3 aliphatic carbocycles. The maximum absolute atomic E-state index is 13.0. The number of likely N-dealkylation sites (tertiary alicyclic amines) is 1. The Morgan fingerprint density at radius 1 is 1.26 bits per heavy atom. The first kappa shape index (κ1) is 22.5. The topological polar surface area (TPSA) is 44.4 Å². The average Bonchev–Trinajstić information content (AvgIpc) is 2.70. The van der Waals surface area contributed by atoms with E-state index in [1.807, 2.05) is 0 Å². The van der Waals surface area contributed by atoms with Crippen molar-refractivity contribution in [3.8, 4) is 0 Å². The molecule has 4 nitrogen and oxygen atoms in total. The molecule has 0 radical (unpaired) electrons. The van der Waals surface area contributed by atoms with Crippen LogP contribution in [0.15, 0.2) is 29.8 Å². The first-order valence-corrected chi connectivity index (χ1v) is 11.3. The van der Waals surface area contributed by atoms with E-state index in [-0.39, 0.29) is 16.8 Å². The average molecular weight is 456 g/mol. The van der Waals surface area contributed by atoms with Crippen molar-refractivity contribution in [2.24, 2.45) is 17.3 Å². The van der Waals surface area contributed by atoms with Crippen molar-refractivity contribution in [2.75, 3.05) is 25.0 Å². The van der Waals surface area contributed by atoms with Crippen molar-refractivity contribution < 1.29 is 18.0 Å². The molecule has 1 saturated carbocycles. The van der Waals surface area contributed by atoms with Crippen molar-refractivity contribution >= 4 is 23.3 Å². The third kappa shape index (κ3) is 4.72. The van der Waals surface area contributed by atoms with Crippen molar-refractivity contribution in [3.05, 3.63) is 40.4 Å². The largest absolute Gasteiger partial charge is 0.417 e. The van der Waals surface area contributed by atoms with E-state index in [9.17, 15) is 18.0 Å². The van der Waals surface area contributed by atoms with Gasteiger partial charge in [-0.2, -0.15) is 13.2 Å². The Morgan fingerprint density at radius 2 is 1.97 bits per heavy atom. The molecule has 1 saturated heterocycles. The highest BCUT2D eigenvalue weighted by Gasteiger charge is 2.51. The summed E-state index contributed by atoms with van der Waals surface area (Å²) in [6.07, 6.45) is 2.03. The van der Waals surface area contributed by atoms with Crippen molar-refractivity contribution in [1.82, 2.24) is 10.2 Å². The molecule has 1 aromatic carbocycles. The van der Waals surface area contributed by atoms with Crippen LogP contribution in [0, 0.1) is 17.3 Å². The van der Waals surface area contributed by atoms with Crippen LogP contribution in [0.1, 0.15) is 45.1 Å². The highest BCUT2D eigenvalue weighted by Crippen LogP contribution is 2.59. The van der Waals surface area contributed by atoms with Gasteiger partial charge in [-0.15, -0.1) is 0 Å². The minimum atomic E-state index is -4.57. The zero-order valence-corrected chi connectivity index (χ0v) is 18.6. The molecule has 2 bridgehead atoms. The van der Waals surface area contributed by atoms with Crippen LogP contribution in [0.4, 0.5) is 23.7 Å². The lowest BCUT2D eigenvalue weighted by Crippen LogP contribution is -2.51. The number of piperidine rings is 1. The number of hydrogen-bond acceptors (Lipinski definition) is 2. The van der Waals surface area contributed by atoms with Gasteiger partial charge in [-0.1, -0.05) is 37.1 Å². The molecule has 2 amide bonds. The fourth-order valence-corrected chi connectivity index (χ4v) is 5.55. The Bertz CT molecular complexity index is 875. The molecule has 1 aliphatic heterocycles. The molecular weight excluding hydrogens is 427 g/mol. The highest BCUT2D eigenvalue weighted by atomic mass is 35.5. The Hall–Kier alpha value is -1.73. The lowest BCUT2D eigenvalue weighted by atomic mass is 9.49. The van der Waals surface area contributed by atoms with E-state index in [4.69, 9.17) is 11.6 Å². The Balaban J connectivity index is 1.25. The number of carbonyl (C=O) groups excluding carboxylic acids is 1. The van der Waals surface area contributed by atoms with Crippen LogP contribution in [0.2, 0.25) is 5.02 Å². The lowest BCUT2D eigenvalue weighted by molar-refractivity contribution is -0.137. The van der Waals surface area contributed by atoms with E-state index < -0.39 is 17.8 Å². The molecule has 2 fully saturated rings. The molecule has 0 spiro atoms. The van der Waals surface area contributed by atoms with Gasteiger partial charge in [0.05, 0.1) is 10.6 Å². The molecular formula is C23H29ClF3N3O. The molecule has 5 rings (SSSR count). The highest BCUT2D eigenvalue weighted by molar-refractivity contribution is 6.31. The van der Waals surface area contributed by atoms with Crippen LogP contribution in [0.25, 0.3) is 0 Å². The number of anilines is 1. The van der Waals surface area contributed by atoms with Crippen molar-refractivity contribution in [2.45, 2.75) is 51.7 Å². The maximum Gasteiger partial charge on any atom is 0.417 e. The van der Waals surface area contributed by atoms with E-state index in [1.54, 1.807) is 5.57 Å². The number of hydrogen-bond donors (Lipinski definition) is 2. The standard InChI is InChI=1S/C23H29ClF3N3O/c1-22(2)15-4-3-14(18(22)11-15)13-30-9-7-16(8-10-30)28-21(31)29-17-5-6-20(24)19(12-17)23(25,26)27/h3,5-6,12,15-16,18H,4,7-11,13H2,1-2H3,(H2,28,29,31)/t15-,18?/m0/s1. The van der Waals surface area contributed by atoms with Gasteiger partial charge in [0.25, 0.3) is 0 Å². The first-order chi connectivity index (χ1) is 14.5. The summed E-state index contributed by atoms with van der Waals surface area (Å²) in [7, 11) is 0. The number of nitrogens with zero attached hydrogens (tertiary/aromatic N) is 1. The van der Waals surface area contributed by atoms with Crippen molar-refractivity contribution in [3.63, 3.8) is 0 Å². The van der Waals surface area contributed by atoms with Gasteiger partial charge in [0.15, 0.2) is 0 Å². The van der Waals surface area contributed by atoms with Crippen LogP contribution in [0.5, 0.6) is 0 Å². The number of amides is 2. The van der Waals surface area contributed by atoms with Crippen molar-refractivity contribution in [1.29, 1.82) is 0 Å². The number of carbonyl (C=O) groups is 1. The van der Waals surface area contributed by atoms with E-state index in [0.29, 0.717) is 11.3 Å². The van der Waals surface area contributed by atoms with Gasteiger partial charge >= 0.3 is 12.2 Å². The van der Waals surface area contributed by atoms with Crippen LogP contribution < -0.4 is 10.6 Å². The van der Waals surface area contributed by atoms with Gasteiger partial charge in [0.2, 0.25) is 0 Å². The summed E-state index contributed by atoms with van der Waals surface area (Å²) in [5.41, 5.74) is 1.10. The summed E-state index contributed by atoms with van der Waals surface area (Å²) < 4.78 is 39.0.